The van der Waals surface area contributed by atoms with E-state index in [4.69, 9.17) is 0 Å². The molecule has 2 aliphatic rings. The van der Waals surface area contributed by atoms with Crippen LogP contribution in [0.25, 0.3) is 0 Å². The first-order chi connectivity index (χ1) is 9.61. The highest BCUT2D eigenvalue weighted by atomic mass is 16.2. The first-order valence-corrected chi connectivity index (χ1v) is 7.04. The third-order valence-electron chi connectivity index (χ3n) is 4.33. The van der Waals surface area contributed by atoms with E-state index >= 15 is 0 Å². The predicted molar refractivity (Wildman–Crippen MR) is 75.3 cm³/mol. The number of fused-ring (bicyclic) bond motifs is 1. The monoisotopic (exact) mass is 270 g/mol. The molecule has 0 spiro atoms. The van der Waals surface area contributed by atoms with Crippen molar-refractivity contribution in [3.8, 4) is 6.07 Å². The van der Waals surface area contributed by atoms with Gasteiger partial charge in [-0.15, -0.1) is 0 Å². The summed E-state index contributed by atoms with van der Waals surface area (Å²) in [6, 6.07) is 4.41. The van der Waals surface area contributed by atoms with E-state index in [0.29, 0.717) is 12.1 Å². The molecule has 2 unspecified atom stereocenters. The number of pyridine rings is 1. The molecule has 0 aliphatic carbocycles. The molecule has 3 heterocycles. The maximum absolute atomic E-state index is 11.9. The van der Waals surface area contributed by atoms with Crippen LogP contribution in [0.1, 0.15) is 29.8 Å². The molecule has 1 aromatic rings. The van der Waals surface area contributed by atoms with Gasteiger partial charge in [0.2, 0.25) is 5.91 Å². The summed E-state index contributed by atoms with van der Waals surface area (Å²) < 4.78 is 0. The molecule has 1 amide bonds. The minimum absolute atomic E-state index is 0.0593. The van der Waals surface area contributed by atoms with Gasteiger partial charge in [-0.05, 0) is 32.8 Å². The lowest BCUT2D eigenvalue weighted by molar-refractivity contribution is -0.122. The Kier molecular flexibility index (Phi) is 3.09. The molecule has 5 nitrogen and oxygen atoms in total. The van der Waals surface area contributed by atoms with E-state index in [-0.39, 0.29) is 17.9 Å². The fraction of sp³-hybridized carbons (Fsp3) is 0.533. The van der Waals surface area contributed by atoms with E-state index in [0.717, 1.165) is 36.5 Å². The number of nitrogens with one attached hydrogen (secondary N) is 1. The van der Waals surface area contributed by atoms with E-state index in [1.807, 2.05) is 19.9 Å². The lowest BCUT2D eigenvalue weighted by Gasteiger charge is -2.38. The van der Waals surface area contributed by atoms with Crippen molar-refractivity contribution in [2.45, 2.75) is 32.7 Å². The smallest absolute Gasteiger partial charge is 0.225 e. The second-order valence-corrected chi connectivity index (χ2v) is 5.61. The van der Waals surface area contributed by atoms with Gasteiger partial charge >= 0.3 is 0 Å². The minimum atomic E-state index is 0.0593. The maximum Gasteiger partial charge on any atom is 0.225 e. The van der Waals surface area contributed by atoms with E-state index in [1.54, 1.807) is 0 Å². The Labute approximate surface area is 118 Å². The Bertz CT molecular complexity index is 605. The Morgan fingerprint density at radius 2 is 2.30 bits per heavy atom. The van der Waals surface area contributed by atoms with Crippen LogP contribution in [0.15, 0.2) is 6.07 Å². The molecule has 20 heavy (non-hydrogen) atoms. The number of aryl methyl sites for hydroxylation is 2. The van der Waals surface area contributed by atoms with Gasteiger partial charge in [0.1, 0.15) is 6.07 Å². The zero-order valence-corrected chi connectivity index (χ0v) is 11.8. The molecular formula is C15H18N4O. The van der Waals surface area contributed by atoms with Gasteiger partial charge in [0.15, 0.2) is 0 Å². The average Bonchev–Trinajstić information content (AvgIpc) is 2.80. The molecule has 1 N–H and O–H groups in total. The number of hydrogen-bond donors (Lipinski definition) is 1. The first kappa shape index (κ1) is 12.9. The second kappa shape index (κ2) is 4.78. The van der Waals surface area contributed by atoms with Gasteiger partial charge in [-0.2, -0.15) is 5.26 Å². The highest BCUT2D eigenvalue weighted by Crippen LogP contribution is 2.34. The van der Waals surface area contributed by atoms with Crippen molar-refractivity contribution < 1.29 is 4.79 Å². The number of carbonyl (C=O) groups is 1. The molecule has 1 aromatic heterocycles. The fourth-order valence-corrected chi connectivity index (χ4v) is 3.42. The first-order valence-electron chi connectivity index (χ1n) is 7.04. The Morgan fingerprint density at radius 3 is 3.05 bits per heavy atom. The fourth-order valence-electron chi connectivity index (χ4n) is 3.42. The van der Waals surface area contributed by atoms with Crippen molar-refractivity contribution in [2.24, 2.45) is 5.92 Å². The van der Waals surface area contributed by atoms with Crippen LogP contribution in [0.4, 0.5) is 5.69 Å². The zero-order valence-electron chi connectivity index (χ0n) is 11.8. The van der Waals surface area contributed by atoms with E-state index < -0.39 is 0 Å². The summed E-state index contributed by atoms with van der Waals surface area (Å²) in [5.74, 6) is 0.213. The molecule has 5 heteroatoms. The molecular weight excluding hydrogens is 252 g/mol. The summed E-state index contributed by atoms with van der Waals surface area (Å²) in [4.78, 5) is 18.5. The zero-order chi connectivity index (χ0) is 14.3. The van der Waals surface area contributed by atoms with Crippen molar-refractivity contribution >= 4 is 11.6 Å². The number of nitriles is 1. The van der Waals surface area contributed by atoms with Crippen molar-refractivity contribution in [1.29, 1.82) is 5.26 Å². The molecule has 0 bridgehead atoms. The van der Waals surface area contributed by atoms with Crippen LogP contribution in [0.3, 0.4) is 0 Å². The quantitative estimate of drug-likeness (QED) is 0.834. The second-order valence-electron chi connectivity index (χ2n) is 5.61. The van der Waals surface area contributed by atoms with E-state index in [1.165, 1.54) is 0 Å². The molecule has 104 valence electrons. The van der Waals surface area contributed by atoms with Gasteiger partial charge in [-0.25, -0.2) is 0 Å². The maximum atomic E-state index is 11.9. The standard InChI is InChI=1S/C15H18N4O/c1-9-6-13(12(7-16)10(2)18-9)19-5-3-4-11-14(19)8-17-15(11)20/h6,11,14H,3-5,8H2,1-2H3,(H,17,20). The molecule has 2 aliphatic heterocycles. The van der Waals surface area contributed by atoms with Crippen LogP contribution in [0.2, 0.25) is 0 Å². The van der Waals surface area contributed by atoms with Crippen molar-refractivity contribution in [3.05, 3.63) is 23.0 Å². The summed E-state index contributed by atoms with van der Waals surface area (Å²) in [5.41, 5.74) is 3.25. The van der Waals surface area contributed by atoms with Gasteiger partial charge in [0.25, 0.3) is 0 Å². The molecule has 3 rings (SSSR count). The minimum Gasteiger partial charge on any atom is -0.365 e. The molecule has 2 fully saturated rings. The molecule has 2 saturated heterocycles. The third kappa shape index (κ3) is 1.92. The number of amides is 1. The number of nitrogens with zero attached hydrogens (tertiary/aromatic N) is 3. The highest BCUT2D eigenvalue weighted by Gasteiger charge is 2.41. The molecule has 2 atom stereocenters. The number of anilines is 1. The van der Waals surface area contributed by atoms with Crippen LogP contribution >= 0.6 is 0 Å². The third-order valence-corrected chi connectivity index (χ3v) is 4.33. The number of aromatic nitrogens is 1. The summed E-state index contributed by atoms with van der Waals surface area (Å²) in [6.45, 7) is 5.38. The average molecular weight is 270 g/mol. The van der Waals surface area contributed by atoms with E-state index in [9.17, 15) is 10.1 Å². The largest absolute Gasteiger partial charge is 0.365 e. The lowest BCUT2D eigenvalue weighted by atomic mass is 9.90. The van der Waals surface area contributed by atoms with Gasteiger partial charge in [0, 0.05) is 18.8 Å². The summed E-state index contributed by atoms with van der Waals surface area (Å²) >= 11 is 0. The molecule has 0 radical (unpaired) electrons. The number of piperidine rings is 1. The Balaban J connectivity index is 2.04. The lowest BCUT2D eigenvalue weighted by Crippen LogP contribution is -2.46. The van der Waals surface area contributed by atoms with Gasteiger partial charge < -0.3 is 10.2 Å². The van der Waals surface area contributed by atoms with Crippen LogP contribution in [0, 0.1) is 31.1 Å². The normalized spacial score (nSPS) is 25.1. The van der Waals surface area contributed by atoms with Gasteiger partial charge in [-0.3, -0.25) is 9.78 Å². The molecule has 0 aromatic carbocycles. The highest BCUT2D eigenvalue weighted by molar-refractivity contribution is 5.83. The molecule has 0 saturated carbocycles. The van der Waals surface area contributed by atoms with E-state index in [2.05, 4.69) is 21.3 Å². The van der Waals surface area contributed by atoms with Gasteiger partial charge in [-0.1, -0.05) is 0 Å². The van der Waals surface area contributed by atoms with Crippen LogP contribution < -0.4 is 10.2 Å². The summed E-state index contributed by atoms with van der Waals surface area (Å²) in [7, 11) is 0. The number of hydrogen-bond acceptors (Lipinski definition) is 4. The SMILES string of the molecule is Cc1cc(N2CCCC3C(=O)NCC32)c(C#N)c(C)n1. The van der Waals surface area contributed by atoms with Crippen LogP contribution in [-0.2, 0) is 4.79 Å². The summed E-state index contributed by atoms with van der Waals surface area (Å²) in [5, 5.41) is 12.4. The topological polar surface area (TPSA) is 69.0 Å². The van der Waals surface area contributed by atoms with Crippen molar-refractivity contribution in [3.63, 3.8) is 0 Å². The van der Waals surface area contributed by atoms with Crippen molar-refractivity contribution in [1.82, 2.24) is 10.3 Å². The number of carbonyl (C=O) groups excluding carboxylic acids is 1. The number of rotatable bonds is 1. The Morgan fingerprint density at radius 1 is 1.50 bits per heavy atom. The Hall–Kier alpha value is -2.09. The predicted octanol–water partition coefficient (Wildman–Crippen LogP) is 1.28. The van der Waals surface area contributed by atoms with Crippen LogP contribution in [-0.4, -0.2) is 30.0 Å². The van der Waals surface area contributed by atoms with Crippen LogP contribution in [0.5, 0.6) is 0 Å². The van der Waals surface area contributed by atoms with Gasteiger partial charge in [0.05, 0.1) is 28.9 Å². The van der Waals surface area contributed by atoms with Crippen molar-refractivity contribution in [2.75, 3.05) is 18.0 Å². The summed E-state index contributed by atoms with van der Waals surface area (Å²) in [6.07, 6.45) is 1.93.